The van der Waals surface area contributed by atoms with Crippen LogP contribution in [0.3, 0.4) is 0 Å². The number of urea groups is 1. The first kappa shape index (κ1) is 26.8. The summed E-state index contributed by atoms with van der Waals surface area (Å²) in [4.78, 5) is 34.4. The molecule has 0 bridgehead atoms. The van der Waals surface area contributed by atoms with Gasteiger partial charge in [-0.2, -0.15) is 18.7 Å². The Labute approximate surface area is 215 Å². The summed E-state index contributed by atoms with van der Waals surface area (Å²) in [5.41, 5.74) is -0.142. The monoisotopic (exact) mass is 543 g/mol. The lowest BCUT2D eigenvalue weighted by atomic mass is 10.0. The molecule has 0 unspecified atom stereocenters. The Hall–Kier alpha value is -3.25. The number of carbonyl (C=O) groups excluding carboxylic acids is 2. The average molecular weight is 544 g/mol. The van der Waals surface area contributed by atoms with Crippen molar-refractivity contribution in [1.29, 1.82) is 0 Å². The molecule has 4 rings (SSSR count). The van der Waals surface area contributed by atoms with E-state index in [1.807, 2.05) is 5.48 Å². The Kier molecular flexibility index (Phi) is 7.98. The molecule has 0 atom stereocenters. The number of rotatable bonds is 7. The number of nitrogens with one attached hydrogen (secondary N) is 4. The van der Waals surface area contributed by atoms with Gasteiger partial charge in [0.25, 0.3) is 5.91 Å². The molecule has 0 spiro atoms. The molecule has 4 N–H and O–H groups in total. The third kappa shape index (κ3) is 6.19. The minimum Gasteiger partial charge on any atom is -0.375 e. The Morgan fingerprint density at radius 3 is 2.68 bits per heavy atom. The molecule has 37 heavy (non-hydrogen) atoms. The zero-order valence-electron chi connectivity index (χ0n) is 20.0. The van der Waals surface area contributed by atoms with Gasteiger partial charge in [-0.25, -0.2) is 9.18 Å². The molecule has 2 aliphatic rings. The second kappa shape index (κ2) is 11.0. The van der Waals surface area contributed by atoms with Gasteiger partial charge in [-0.1, -0.05) is 18.0 Å². The van der Waals surface area contributed by atoms with E-state index >= 15 is 0 Å². The molecule has 2 aliphatic heterocycles. The van der Waals surface area contributed by atoms with E-state index < -0.39 is 40.9 Å². The number of hydrogen-bond donors (Lipinski definition) is 4. The molecule has 3 amide bonds. The zero-order chi connectivity index (χ0) is 26.7. The van der Waals surface area contributed by atoms with Gasteiger partial charge in [-0.15, -0.1) is 0 Å². The van der Waals surface area contributed by atoms with Crippen molar-refractivity contribution < 1.29 is 32.0 Å². The number of carbonyl (C=O) groups is 2. The number of amides is 3. The predicted octanol–water partition coefficient (Wildman–Crippen LogP) is 5.10. The van der Waals surface area contributed by atoms with E-state index in [2.05, 4.69) is 20.5 Å². The highest BCUT2D eigenvalue weighted by Crippen LogP contribution is 2.43. The minimum absolute atomic E-state index is 0.0208. The largest absolute Gasteiger partial charge is 0.422 e. The number of hydroxylamine groups is 1. The normalized spacial score (nSPS) is 17.0. The molecule has 200 valence electrons. The summed E-state index contributed by atoms with van der Waals surface area (Å²) in [6.45, 7) is 4.52. The molecule has 0 saturated carbocycles. The number of H-pyrrole nitrogens is 1. The fraction of sp³-hybridized carbons (Fsp3) is 0.417. The molecule has 1 aromatic carbocycles. The van der Waals surface area contributed by atoms with Crippen LogP contribution in [-0.2, 0) is 11.0 Å². The third-order valence-electron chi connectivity index (χ3n) is 6.19. The number of aryl methyl sites for hydroxylation is 1. The van der Waals surface area contributed by atoms with Crippen molar-refractivity contribution in [2.75, 3.05) is 31.5 Å². The number of likely N-dealkylation sites (tertiary alicyclic amines) is 1. The number of nitrogens with zero attached hydrogens (tertiary/aromatic N) is 1. The van der Waals surface area contributed by atoms with Gasteiger partial charge in [0.2, 0.25) is 0 Å². The predicted molar refractivity (Wildman–Crippen MR) is 131 cm³/mol. The van der Waals surface area contributed by atoms with Crippen molar-refractivity contribution in [3.8, 4) is 5.75 Å². The van der Waals surface area contributed by atoms with Crippen LogP contribution in [0.4, 0.5) is 28.0 Å². The number of hydrogen-bond acceptors (Lipinski definition) is 4. The molecule has 13 heteroatoms. The van der Waals surface area contributed by atoms with E-state index in [1.54, 1.807) is 0 Å². The van der Waals surface area contributed by atoms with Crippen LogP contribution in [0, 0.1) is 12.7 Å². The van der Waals surface area contributed by atoms with Gasteiger partial charge in [0.15, 0.2) is 5.75 Å². The number of fused-ring (bicyclic) bond motifs is 1. The van der Waals surface area contributed by atoms with Crippen molar-refractivity contribution in [2.45, 2.75) is 38.8 Å². The number of piperidine rings is 1. The van der Waals surface area contributed by atoms with Crippen LogP contribution in [0.15, 0.2) is 12.1 Å². The van der Waals surface area contributed by atoms with Gasteiger partial charge in [-0.05, 0) is 64.0 Å². The molecule has 8 nitrogen and oxygen atoms in total. The highest BCUT2D eigenvalue weighted by atomic mass is 35.5. The van der Waals surface area contributed by atoms with Crippen LogP contribution < -0.4 is 21.0 Å². The first-order chi connectivity index (χ1) is 17.5. The summed E-state index contributed by atoms with van der Waals surface area (Å²) >= 11 is 5.87. The molecule has 1 fully saturated rings. The first-order valence-electron chi connectivity index (χ1n) is 11.8. The lowest BCUT2D eigenvalue weighted by molar-refractivity contribution is -0.139. The van der Waals surface area contributed by atoms with Crippen molar-refractivity contribution in [3.63, 3.8) is 0 Å². The fourth-order valence-electron chi connectivity index (χ4n) is 4.47. The summed E-state index contributed by atoms with van der Waals surface area (Å²) < 4.78 is 56.2. The number of alkyl halides is 3. The summed E-state index contributed by atoms with van der Waals surface area (Å²) in [5, 5.41) is 4.83. The highest BCUT2D eigenvalue weighted by Gasteiger charge is 2.41. The van der Waals surface area contributed by atoms with Crippen LogP contribution >= 0.6 is 11.6 Å². The average Bonchev–Trinajstić information content (AvgIpc) is 3.32. The summed E-state index contributed by atoms with van der Waals surface area (Å²) in [7, 11) is 0. The Bertz CT molecular complexity index is 1220. The molecule has 0 aliphatic carbocycles. The van der Waals surface area contributed by atoms with Gasteiger partial charge in [0, 0.05) is 17.1 Å². The highest BCUT2D eigenvalue weighted by molar-refractivity contribution is 6.36. The Morgan fingerprint density at radius 1 is 1.24 bits per heavy atom. The van der Waals surface area contributed by atoms with Gasteiger partial charge in [0.05, 0.1) is 22.6 Å². The molecule has 2 aromatic rings. The smallest absolute Gasteiger partial charge is 0.375 e. The lowest BCUT2D eigenvalue weighted by Gasteiger charge is -2.26. The Balaban J connectivity index is 1.47. The lowest BCUT2D eigenvalue weighted by Crippen LogP contribution is -2.39. The fourth-order valence-corrected chi connectivity index (χ4v) is 4.68. The van der Waals surface area contributed by atoms with Gasteiger partial charge >= 0.3 is 12.2 Å². The molecular formula is C24H26ClF4N5O3. The maximum atomic E-state index is 14.2. The second-order valence-electron chi connectivity index (χ2n) is 8.90. The van der Waals surface area contributed by atoms with Crippen molar-refractivity contribution in [1.82, 2.24) is 20.7 Å². The van der Waals surface area contributed by atoms with E-state index in [-0.39, 0.29) is 27.5 Å². The van der Waals surface area contributed by atoms with Gasteiger partial charge < -0.3 is 25.4 Å². The van der Waals surface area contributed by atoms with Gasteiger partial charge in [-0.3, -0.25) is 4.79 Å². The van der Waals surface area contributed by atoms with Gasteiger partial charge in [0.1, 0.15) is 11.4 Å². The summed E-state index contributed by atoms with van der Waals surface area (Å²) in [6.07, 6.45) is 0.256. The number of aromatic nitrogens is 1. The maximum absolute atomic E-state index is 14.2. The van der Waals surface area contributed by atoms with Crippen molar-refractivity contribution in [2.24, 2.45) is 0 Å². The Morgan fingerprint density at radius 2 is 1.97 bits per heavy atom. The molecule has 3 heterocycles. The SMILES string of the molecule is Cc1[nH]c(/C=C2\C(=O)Nc3c(F)cc(Cl)cc32)c(C(F)(F)F)c1ONC(=O)NCCCN1CCCCC1. The second-order valence-corrected chi connectivity index (χ2v) is 9.34. The first-order valence-corrected chi connectivity index (χ1v) is 12.2. The van der Waals surface area contributed by atoms with E-state index in [9.17, 15) is 27.2 Å². The van der Waals surface area contributed by atoms with E-state index in [4.69, 9.17) is 16.4 Å². The zero-order valence-corrected chi connectivity index (χ0v) is 20.7. The van der Waals surface area contributed by atoms with E-state index in [0.29, 0.717) is 13.0 Å². The van der Waals surface area contributed by atoms with Crippen LogP contribution in [0.25, 0.3) is 11.6 Å². The van der Waals surface area contributed by atoms with Crippen LogP contribution in [0.5, 0.6) is 5.75 Å². The molecular weight excluding hydrogens is 518 g/mol. The third-order valence-corrected chi connectivity index (χ3v) is 6.41. The maximum Gasteiger partial charge on any atom is 0.422 e. The van der Waals surface area contributed by atoms with Crippen molar-refractivity contribution in [3.05, 3.63) is 45.5 Å². The molecule has 0 radical (unpaired) electrons. The minimum atomic E-state index is -4.91. The van der Waals surface area contributed by atoms with Crippen LogP contribution in [-0.4, -0.2) is 48.0 Å². The number of anilines is 1. The quantitative estimate of drug-likeness (QED) is 0.169. The summed E-state index contributed by atoms with van der Waals surface area (Å²) in [6, 6.07) is 1.47. The van der Waals surface area contributed by atoms with Crippen molar-refractivity contribution >= 4 is 40.9 Å². The standard InChI is InChI=1S/C24H26ClF4N5O3/c1-13-21(37-33-23(36)30-6-5-9-34-7-3-2-4-8-34)19(24(27,28)29)18(31-13)12-16-15-10-14(25)11-17(26)20(15)32-22(16)35/h10-12,31H,2-9H2,1H3,(H,32,35)(H2,30,33,36)/b16-12-. The van der Waals surface area contributed by atoms with Crippen LogP contribution in [0.1, 0.15) is 48.2 Å². The number of aromatic amines is 1. The number of benzene rings is 1. The van der Waals surface area contributed by atoms with E-state index in [0.717, 1.165) is 44.6 Å². The molecule has 1 aromatic heterocycles. The topological polar surface area (TPSA) is 98.5 Å². The molecule has 1 saturated heterocycles. The number of halogens is 5. The van der Waals surface area contributed by atoms with E-state index in [1.165, 1.54) is 19.4 Å². The van der Waals surface area contributed by atoms with Crippen LogP contribution in [0.2, 0.25) is 5.02 Å². The summed E-state index contributed by atoms with van der Waals surface area (Å²) in [5.74, 6) is -2.26.